The van der Waals surface area contributed by atoms with Gasteiger partial charge in [0.25, 0.3) is 0 Å². The number of hydrogen-bond acceptors (Lipinski definition) is 4. The van der Waals surface area contributed by atoms with Crippen molar-refractivity contribution in [2.24, 2.45) is 5.73 Å². The van der Waals surface area contributed by atoms with E-state index in [2.05, 4.69) is 30.9 Å². The lowest BCUT2D eigenvalue weighted by atomic mass is 10.1. The SMILES string of the molecule is CC(N)Cc1cccc(OCC2CN(C(C)C)CCO2)c1. The van der Waals surface area contributed by atoms with Gasteiger partial charge >= 0.3 is 0 Å². The molecule has 2 rings (SSSR count). The van der Waals surface area contributed by atoms with Crippen LogP contribution < -0.4 is 10.5 Å². The fourth-order valence-electron chi connectivity index (χ4n) is 2.64. The molecule has 2 atom stereocenters. The van der Waals surface area contributed by atoms with E-state index in [-0.39, 0.29) is 12.1 Å². The van der Waals surface area contributed by atoms with Crippen molar-refractivity contribution in [1.82, 2.24) is 4.90 Å². The second-order valence-electron chi connectivity index (χ2n) is 6.22. The number of morpholine rings is 1. The Morgan fingerprint density at radius 3 is 2.90 bits per heavy atom. The molecule has 0 saturated carbocycles. The maximum Gasteiger partial charge on any atom is 0.119 e. The van der Waals surface area contributed by atoms with Gasteiger partial charge in [0.15, 0.2) is 0 Å². The molecule has 1 saturated heterocycles. The molecular formula is C17H28N2O2. The summed E-state index contributed by atoms with van der Waals surface area (Å²) in [7, 11) is 0. The first-order valence-corrected chi connectivity index (χ1v) is 7.87. The Hall–Kier alpha value is -1.10. The van der Waals surface area contributed by atoms with Gasteiger partial charge in [0.2, 0.25) is 0 Å². The van der Waals surface area contributed by atoms with E-state index < -0.39 is 0 Å². The van der Waals surface area contributed by atoms with E-state index in [1.807, 2.05) is 19.1 Å². The summed E-state index contributed by atoms with van der Waals surface area (Å²) < 4.78 is 11.7. The van der Waals surface area contributed by atoms with Crippen molar-refractivity contribution >= 4 is 0 Å². The monoisotopic (exact) mass is 292 g/mol. The topological polar surface area (TPSA) is 47.7 Å². The lowest BCUT2D eigenvalue weighted by Crippen LogP contribution is -2.47. The molecule has 4 nitrogen and oxygen atoms in total. The second-order valence-corrected chi connectivity index (χ2v) is 6.22. The lowest BCUT2D eigenvalue weighted by Gasteiger charge is -2.35. The predicted octanol–water partition coefficient (Wildman–Crippen LogP) is 2.06. The summed E-state index contributed by atoms with van der Waals surface area (Å²) in [6.07, 6.45) is 1.02. The fraction of sp³-hybridized carbons (Fsp3) is 0.647. The van der Waals surface area contributed by atoms with Gasteiger partial charge in [-0.2, -0.15) is 0 Å². The summed E-state index contributed by atoms with van der Waals surface area (Å²) in [4.78, 5) is 2.43. The summed E-state index contributed by atoms with van der Waals surface area (Å²) in [6, 6.07) is 8.91. The average molecular weight is 292 g/mol. The Morgan fingerprint density at radius 1 is 1.38 bits per heavy atom. The smallest absolute Gasteiger partial charge is 0.119 e. The van der Waals surface area contributed by atoms with Crippen LogP contribution >= 0.6 is 0 Å². The molecule has 2 unspecified atom stereocenters. The van der Waals surface area contributed by atoms with Crippen LogP contribution in [0.25, 0.3) is 0 Å². The molecular weight excluding hydrogens is 264 g/mol. The van der Waals surface area contributed by atoms with Gasteiger partial charge in [0, 0.05) is 25.2 Å². The highest BCUT2D eigenvalue weighted by Gasteiger charge is 2.22. The second kappa shape index (κ2) is 7.78. The first kappa shape index (κ1) is 16.3. The zero-order valence-corrected chi connectivity index (χ0v) is 13.4. The minimum atomic E-state index is 0.151. The van der Waals surface area contributed by atoms with E-state index in [0.717, 1.165) is 31.9 Å². The predicted molar refractivity (Wildman–Crippen MR) is 85.7 cm³/mol. The van der Waals surface area contributed by atoms with Crippen molar-refractivity contribution in [3.05, 3.63) is 29.8 Å². The zero-order valence-electron chi connectivity index (χ0n) is 13.4. The average Bonchev–Trinajstić information content (AvgIpc) is 2.45. The highest BCUT2D eigenvalue weighted by atomic mass is 16.5. The Labute approximate surface area is 128 Å². The third kappa shape index (κ3) is 5.30. The highest BCUT2D eigenvalue weighted by molar-refractivity contribution is 5.29. The van der Waals surface area contributed by atoms with Crippen LogP contribution in [0.1, 0.15) is 26.3 Å². The van der Waals surface area contributed by atoms with Crippen LogP contribution in [0.15, 0.2) is 24.3 Å². The molecule has 4 heteroatoms. The third-order valence-corrected chi connectivity index (χ3v) is 3.79. The van der Waals surface area contributed by atoms with Crippen molar-refractivity contribution in [3.63, 3.8) is 0 Å². The largest absolute Gasteiger partial charge is 0.491 e. The first-order valence-electron chi connectivity index (χ1n) is 7.87. The van der Waals surface area contributed by atoms with Crippen LogP contribution in [0.4, 0.5) is 0 Å². The standard InChI is InChI=1S/C17H28N2O2/c1-13(2)19-7-8-20-17(11-19)12-21-16-6-4-5-15(10-16)9-14(3)18/h4-6,10,13-14,17H,7-9,11-12,18H2,1-3H3. The van der Waals surface area contributed by atoms with Gasteiger partial charge < -0.3 is 15.2 Å². The molecule has 2 N–H and O–H groups in total. The van der Waals surface area contributed by atoms with Gasteiger partial charge in [-0.15, -0.1) is 0 Å². The van der Waals surface area contributed by atoms with E-state index in [1.54, 1.807) is 0 Å². The van der Waals surface area contributed by atoms with Crippen LogP contribution in [-0.4, -0.2) is 49.4 Å². The molecule has 0 bridgehead atoms. The van der Waals surface area contributed by atoms with Gasteiger partial charge in [0.05, 0.1) is 6.61 Å². The summed E-state index contributed by atoms with van der Waals surface area (Å²) in [5.41, 5.74) is 7.06. The van der Waals surface area contributed by atoms with Crippen LogP contribution in [0.3, 0.4) is 0 Å². The number of nitrogens with two attached hydrogens (primary N) is 1. The van der Waals surface area contributed by atoms with Crippen LogP contribution in [0.2, 0.25) is 0 Å². The molecule has 0 radical (unpaired) electrons. The zero-order chi connectivity index (χ0) is 15.2. The summed E-state index contributed by atoms with van der Waals surface area (Å²) in [5.74, 6) is 0.901. The van der Waals surface area contributed by atoms with Crippen LogP contribution in [0, 0.1) is 0 Å². The maximum atomic E-state index is 5.90. The van der Waals surface area contributed by atoms with E-state index >= 15 is 0 Å². The van der Waals surface area contributed by atoms with Crippen molar-refractivity contribution in [2.75, 3.05) is 26.3 Å². The van der Waals surface area contributed by atoms with Crippen molar-refractivity contribution < 1.29 is 9.47 Å². The number of hydrogen-bond donors (Lipinski definition) is 1. The molecule has 1 aromatic rings. The van der Waals surface area contributed by atoms with Crippen molar-refractivity contribution in [3.8, 4) is 5.75 Å². The first-order chi connectivity index (χ1) is 10.0. The van der Waals surface area contributed by atoms with E-state index in [0.29, 0.717) is 12.6 Å². The molecule has 1 heterocycles. The van der Waals surface area contributed by atoms with E-state index in [9.17, 15) is 0 Å². The van der Waals surface area contributed by atoms with Gasteiger partial charge in [0.1, 0.15) is 18.5 Å². The fourth-order valence-corrected chi connectivity index (χ4v) is 2.64. The van der Waals surface area contributed by atoms with Crippen molar-refractivity contribution in [2.45, 2.75) is 45.4 Å². The highest BCUT2D eigenvalue weighted by Crippen LogP contribution is 2.16. The minimum Gasteiger partial charge on any atom is -0.491 e. The summed E-state index contributed by atoms with van der Waals surface area (Å²) in [6.45, 7) is 9.81. The Balaban J connectivity index is 1.85. The molecule has 1 aliphatic rings. The molecule has 1 fully saturated rings. The van der Waals surface area contributed by atoms with Crippen LogP contribution in [-0.2, 0) is 11.2 Å². The molecule has 118 valence electrons. The number of nitrogens with zero attached hydrogens (tertiary/aromatic N) is 1. The maximum absolute atomic E-state index is 5.90. The molecule has 1 aliphatic heterocycles. The van der Waals surface area contributed by atoms with E-state index in [1.165, 1.54) is 5.56 Å². The van der Waals surface area contributed by atoms with Gasteiger partial charge in [-0.05, 0) is 44.9 Å². The summed E-state index contributed by atoms with van der Waals surface area (Å²) >= 11 is 0. The lowest BCUT2D eigenvalue weighted by molar-refractivity contribution is -0.0564. The van der Waals surface area contributed by atoms with Crippen LogP contribution in [0.5, 0.6) is 5.75 Å². The van der Waals surface area contributed by atoms with Gasteiger partial charge in [-0.3, -0.25) is 4.90 Å². The number of benzene rings is 1. The summed E-state index contributed by atoms with van der Waals surface area (Å²) in [5, 5.41) is 0. The van der Waals surface area contributed by atoms with Crippen molar-refractivity contribution in [1.29, 1.82) is 0 Å². The normalized spacial score (nSPS) is 21.5. The number of ether oxygens (including phenoxy) is 2. The molecule has 0 aliphatic carbocycles. The Morgan fingerprint density at radius 2 is 2.19 bits per heavy atom. The number of rotatable bonds is 6. The minimum absolute atomic E-state index is 0.151. The molecule has 0 amide bonds. The van der Waals surface area contributed by atoms with Gasteiger partial charge in [-0.1, -0.05) is 12.1 Å². The molecule has 1 aromatic carbocycles. The Kier molecular flexibility index (Phi) is 6.03. The Bertz CT molecular complexity index is 435. The van der Waals surface area contributed by atoms with Gasteiger partial charge in [-0.25, -0.2) is 0 Å². The molecule has 0 aromatic heterocycles. The molecule has 21 heavy (non-hydrogen) atoms. The molecule has 0 spiro atoms. The quantitative estimate of drug-likeness (QED) is 0.872. The van der Waals surface area contributed by atoms with E-state index in [4.69, 9.17) is 15.2 Å². The third-order valence-electron chi connectivity index (χ3n) is 3.79.